The fraction of sp³-hybridized carbons (Fsp3) is 0.444. The maximum absolute atomic E-state index is 12.2. The molecule has 0 saturated carbocycles. The van der Waals surface area contributed by atoms with Gasteiger partial charge in [0, 0.05) is 23.5 Å². The Bertz CT molecular complexity index is 992. The molecular weight excluding hydrogens is 340 g/mol. The smallest absolute Gasteiger partial charge is 0.251 e. The van der Waals surface area contributed by atoms with Crippen molar-refractivity contribution in [1.29, 1.82) is 0 Å². The summed E-state index contributed by atoms with van der Waals surface area (Å²) in [6.45, 7) is 4.01. The van der Waals surface area contributed by atoms with E-state index in [0.717, 1.165) is 22.0 Å². The second-order valence-electron chi connectivity index (χ2n) is 6.81. The van der Waals surface area contributed by atoms with Gasteiger partial charge < -0.3 is 10.3 Å². The number of carbonyl (C=O) groups excluding carboxylic acids is 1. The highest BCUT2D eigenvalue weighted by molar-refractivity contribution is 7.91. The van der Waals surface area contributed by atoms with Gasteiger partial charge in [-0.05, 0) is 61.4 Å². The highest BCUT2D eigenvalue weighted by Crippen LogP contribution is 2.18. The van der Waals surface area contributed by atoms with Crippen molar-refractivity contribution < 1.29 is 13.2 Å². The molecule has 0 aliphatic carbocycles. The second kappa shape index (κ2) is 6.63. The molecule has 6 nitrogen and oxygen atoms in total. The average Bonchev–Trinajstić information content (AvgIpc) is 2.86. The lowest BCUT2D eigenvalue weighted by Crippen LogP contribution is -2.35. The van der Waals surface area contributed by atoms with Crippen LogP contribution < -0.4 is 10.9 Å². The van der Waals surface area contributed by atoms with E-state index in [0.29, 0.717) is 18.4 Å². The highest BCUT2D eigenvalue weighted by atomic mass is 32.2. The fourth-order valence-corrected chi connectivity index (χ4v) is 4.84. The molecule has 2 N–H and O–H groups in total. The normalized spacial score (nSPS) is 19.2. The molecule has 25 heavy (non-hydrogen) atoms. The lowest BCUT2D eigenvalue weighted by Gasteiger charge is -2.11. The highest BCUT2D eigenvalue weighted by Gasteiger charge is 2.28. The van der Waals surface area contributed by atoms with Crippen molar-refractivity contribution in [2.45, 2.75) is 39.2 Å². The van der Waals surface area contributed by atoms with Crippen LogP contribution in [0, 0.1) is 13.8 Å². The molecule has 0 radical (unpaired) electrons. The first kappa shape index (κ1) is 17.7. The second-order valence-corrected chi connectivity index (χ2v) is 9.04. The Kier molecular flexibility index (Phi) is 4.69. The third kappa shape index (κ3) is 4.10. The maximum Gasteiger partial charge on any atom is 0.251 e. The molecule has 134 valence electrons. The van der Waals surface area contributed by atoms with E-state index in [1.165, 1.54) is 0 Å². The van der Waals surface area contributed by atoms with Gasteiger partial charge in [-0.25, -0.2) is 8.42 Å². The summed E-state index contributed by atoms with van der Waals surface area (Å²) in [4.78, 5) is 27.1. The van der Waals surface area contributed by atoms with Crippen molar-refractivity contribution in [3.63, 3.8) is 0 Å². The summed E-state index contributed by atoms with van der Waals surface area (Å²) in [5.41, 5.74) is 3.42. The predicted octanol–water partition coefficient (Wildman–Crippen LogP) is 1.38. The Morgan fingerprint density at radius 3 is 2.64 bits per heavy atom. The van der Waals surface area contributed by atoms with Gasteiger partial charge in [-0.3, -0.25) is 9.59 Å². The zero-order valence-electron chi connectivity index (χ0n) is 14.4. The summed E-state index contributed by atoms with van der Waals surface area (Å²) in [5, 5.41) is 3.69. The molecule has 1 aromatic heterocycles. The van der Waals surface area contributed by atoms with E-state index in [-0.39, 0.29) is 35.4 Å². The Morgan fingerprint density at radius 2 is 1.96 bits per heavy atom. The molecule has 2 heterocycles. The van der Waals surface area contributed by atoms with E-state index in [1.54, 1.807) is 0 Å². The lowest BCUT2D eigenvalue weighted by atomic mass is 10.0. The number of pyridine rings is 1. The molecule has 2 aromatic rings. The van der Waals surface area contributed by atoms with Crippen LogP contribution >= 0.6 is 0 Å². The molecule has 1 atom stereocenters. The Balaban J connectivity index is 1.68. The van der Waals surface area contributed by atoms with Crippen molar-refractivity contribution in [1.82, 2.24) is 10.3 Å². The number of carbonyl (C=O) groups is 1. The molecule has 0 bridgehead atoms. The summed E-state index contributed by atoms with van der Waals surface area (Å²) < 4.78 is 22.9. The maximum atomic E-state index is 12.2. The summed E-state index contributed by atoms with van der Waals surface area (Å²) in [5.74, 6) is -0.0868. The quantitative estimate of drug-likeness (QED) is 0.859. The van der Waals surface area contributed by atoms with E-state index in [2.05, 4.69) is 10.3 Å². The van der Waals surface area contributed by atoms with Gasteiger partial charge in [0.25, 0.3) is 5.56 Å². The summed E-state index contributed by atoms with van der Waals surface area (Å²) in [6, 6.07) is 5.49. The molecule has 7 heteroatoms. The number of rotatable bonds is 4. The molecule has 1 aromatic carbocycles. The zero-order valence-corrected chi connectivity index (χ0v) is 15.2. The summed E-state index contributed by atoms with van der Waals surface area (Å²) in [7, 11) is -3.02. The van der Waals surface area contributed by atoms with Crippen LogP contribution in [-0.2, 0) is 21.1 Å². The van der Waals surface area contributed by atoms with E-state index in [9.17, 15) is 18.0 Å². The first-order valence-corrected chi connectivity index (χ1v) is 10.2. The number of hydrogen-bond donors (Lipinski definition) is 2. The summed E-state index contributed by atoms with van der Waals surface area (Å²) >= 11 is 0. The van der Waals surface area contributed by atoms with Gasteiger partial charge in [0.2, 0.25) is 5.91 Å². The monoisotopic (exact) mass is 362 g/mol. The Morgan fingerprint density at radius 1 is 1.24 bits per heavy atom. The standard InChI is InChI=1S/C18H22N2O4S/c1-11-7-14-9-13(18(22)20-16(14)8-12(11)2)3-4-17(21)19-15-5-6-25(23,24)10-15/h7-9,15H,3-6,10H2,1-2H3,(H,19,21)(H,20,22). The molecule has 0 spiro atoms. The van der Waals surface area contributed by atoms with Gasteiger partial charge in [-0.2, -0.15) is 0 Å². The van der Waals surface area contributed by atoms with Crippen molar-refractivity contribution in [2.75, 3.05) is 11.5 Å². The number of sulfone groups is 1. The predicted molar refractivity (Wildman–Crippen MR) is 97.6 cm³/mol. The number of fused-ring (bicyclic) bond motifs is 1. The minimum atomic E-state index is -3.02. The Hall–Kier alpha value is -2.15. The molecule has 1 aliphatic heterocycles. The van der Waals surface area contributed by atoms with Gasteiger partial charge in [-0.1, -0.05) is 0 Å². The number of H-pyrrole nitrogens is 1. The number of amides is 1. The molecule has 1 aliphatic rings. The van der Waals surface area contributed by atoms with Crippen LogP contribution in [0.1, 0.15) is 29.5 Å². The average molecular weight is 362 g/mol. The van der Waals surface area contributed by atoms with Crippen molar-refractivity contribution in [3.8, 4) is 0 Å². The number of benzene rings is 1. The van der Waals surface area contributed by atoms with Crippen LogP contribution in [0.15, 0.2) is 23.0 Å². The van der Waals surface area contributed by atoms with Gasteiger partial charge in [0.1, 0.15) is 0 Å². The first-order valence-electron chi connectivity index (χ1n) is 8.36. The molecule has 1 saturated heterocycles. The summed E-state index contributed by atoms with van der Waals surface area (Å²) in [6.07, 6.45) is 0.947. The van der Waals surface area contributed by atoms with E-state index < -0.39 is 9.84 Å². The van der Waals surface area contributed by atoms with E-state index in [1.807, 2.05) is 32.0 Å². The van der Waals surface area contributed by atoms with Crippen LogP contribution in [-0.4, -0.2) is 36.9 Å². The minimum Gasteiger partial charge on any atom is -0.352 e. The van der Waals surface area contributed by atoms with Gasteiger partial charge in [0.05, 0.1) is 11.5 Å². The van der Waals surface area contributed by atoms with Gasteiger partial charge >= 0.3 is 0 Å². The number of aromatic nitrogens is 1. The number of nitrogens with one attached hydrogen (secondary N) is 2. The van der Waals surface area contributed by atoms with Crippen molar-refractivity contribution in [2.24, 2.45) is 0 Å². The number of aryl methyl sites for hydroxylation is 3. The number of aromatic amines is 1. The van der Waals surface area contributed by atoms with Crippen LogP contribution in [0.2, 0.25) is 0 Å². The van der Waals surface area contributed by atoms with Crippen LogP contribution in [0.25, 0.3) is 10.9 Å². The van der Waals surface area contributed by atoms with Gasteiger partial charge in [0.15, 0.2) is 9.84 Å². The third-order valence-electron chi connectivity index (χ3n) is 4.75. The molecule has 1 unspecified atom stereocenters. The van der Waals surface area contributed by atoms with Gasteiger partial charge in [-0.15, -0.1) is 0 Å². The lowest BCUT2D eigenvalue weighted by molar-refractivity contribution is -0.121. The molecular formula is C18H22N2O4S. The van der Waals surface area contributed by atoms with E-state index >= 15 is 0 Å². The van der Waals surface area contributed by atoms with E-state index in [4.69, 9.17) is 0 Å². The fourth-order valence-electron chi connectivity index (χ4n) is 3.16. The first-order chi connectivity index (χ1) is 11.7. The minimum absolute atomic E-state index is 0.00786. The topological polar surface area (TPSA) is 96.1 Å². The zero-order chi connectivity index (χ0) is 18.2. The van der Waals surface area contributed by atoms with Crippen LogP contribution in [0.3, 0.4) is 0 Å². The largest absolute Gasteiger partial charge is 0.352 e. The van der Waals surface area contributed by atoms with Crippen molar-refractivity contribution in [3.05, 3.63) is 45.2 Å². The van der Waals surface area contributed by atoms with Crippen LogP contribution in [0.4, 0.5) is 0 Å². The molecule has 3 rings (SSSR count). The third-order valence-corrected chi connectivity index (χ3v) is 6.52. The molecule has 1 amide bonds. The SMILES string of the molecule is Cc1cc2cc(CCC(=O)NC3CCS(=O)(=O)C3)c(=O)[nH]c2cc1C. The van der Waals surface area contributed by atoms with Crippen molar-refractivity contribution >= 4 is 26.6 Å². The molecule has 1 fully saturated rings. The van der Waals surface area contributed by atoms with Crippen LogP contribution in [0.5, 0.6) is 0 Å². The number of hydrogen-bond acceptors (Lipinski definition) is 4. The Labute approximate surface area is 146 Å².